The van der Waals surface area contributed by atoms with Crippen molar-refractivity contribution in [3.63, 3.8) is 0 Å². The molecule has 0 aliphatic rings. The predicted octanol–water partition coefficient (Wildman–Crippen LogP) is 2.38. The van der Waals surface area contributed by atoms with Crippen LogP contribution >= 0.6 is 15.9 Å². The fraction of sp³-hybridized carbons (Fsp3) is 0.286. The van der Waals surface area contributed by atoms with Crippen LogP contribution in [0.15, 0.2) is 39.5 Å². The summed E-state index contributed by atoms with van der Waals surface area (Å²) in [4.78, 5) is 12.2. The molecule has 2 rings (SSSR count). The number of amides is 1. The maximum atomic E-state index is 12.2. The fourth-order valence-electron chi connectivity index (χ4n) is 1.86. The second-order valence-corrected chi connectivity index (χ2v) is 5.68. The molecule has 106 valence electrons. The molecule has 1 heterocycles. The molecule has 0 fully saturated rings. The number of carbonyl (C=O) groups is 1. The second-order valence-electron chi connectivity index (χ2n) is 4.77. The number of nitrogens with zero attached hydrogens (tertiary/aromatic N) is 1. The Hall–Kier alpha value is -1.66. The van der Waals surface area contributed by atoms with Crippen molar-refractivity contribution in [1.82, 2.24) is 10.5 Å². The van der Waals surface area contributed by atoms with Crippen LogP contribution in [0.25, 0.3) is 0 Å². The number of aromatic nitrogens is 1. The van der Waals surface area contributed by atoms with Gasteiger partial charge in [-0.25, -0.2) is 0 Å². The van der Waals surface area contributed by atoms with Gasteiger partial charge in [-0.15, -0.1) is 0 Å². The molecule has 0 radical (unpaired) electrons. The molecular weight excluding hydrogens is 324 g/mol. The van der Waals surface area contributed by atoms with E-state index in [9.17, 15) is 9.90 Å². The number of rotatable bonds is 4. The van der Waals surface area contributed by atoms with E-state index in [4.69, 9.17) is 4.52 Å². The summed E-state index contributed by atoms with van der Waals surface area (Å²) in [7, 11) is 0. The number of aliphatic hydroxyl groups is 1. The zero-order chi connectivity index (χ0) is 14.8. The normalized spacial score (nSPS) is 13.8. The highest BCUT2D eigenvalue weighted by Gasteiger charge is 2.29. The average Bonchev–Trinajstić information content (AvgIpc) is 2.85. The number of aliphatic hydroxyl groups excluding tert-OH is 1. The summed E-state index contributed by atoms with van der Waals surface area (Å²) in [6.45, 7) is 3.23. The van der Waals surface area contributed by atoms with E-state index in [-0.39, 0.29) is 12.5 Å². The molecule has 0 aliphatic carbocycles. The largest absolute Gasteiger partial charge is 0.394 e. The highest BCUT2D eigenvalue weighted by atomic mass is 79.9. The van der Waals surface area contributed by atoms with Crippen LogP contribution in [-0.2, 0) is 5.54 Å². The van der Waals surface area contributed by atoms with E-state index in [2.05, 4.69) is 26.4 Å². The molecule has 1 aromatic heterocycles. The Morgan fingerprint density at radius 1 is 1.55 bits per heavy atom. The number of hydrogen-bond acceptors (Lipinski definition) is 4. The quantitative estimate of drug-likeness (QED) is 0.897. The van der Waals surface area contributed by atoms with Crippen LogP contribution in [-0.4, -0.2) is 22.8 Å². The van der Waals surface area contributed by atoms with Crippen molar-refractivity contribution in [3.05, 3.63) is 51.8 Å². The SMILES string of the molecule is Cc1nocc1C(=O)N[C@@](C)(CO)c1cccc(Br)c1. The van der Waals surface area contributed by atoms with Gasteiger partial charge >= 0.3 is 0 Å². The minimum absolute atomic E-state index is 0.223. The fourth-order valence-corrected chi connectivity index (χ4v) is 2.26. The third-order valence-corrected chi connectivity index (χ3v) is 3.66. The molecular formula is C14H15BrN2O3. The van der Waals surface area contributed by atoms with Crippen molar-refractivity contribution >= 4 is 21.8 Å². The van der Waals surface area contributed by atoms with Gasteiger partial charge in [0.2, 0.25) is 0 Å². The molecule has 20 heavy (non-hydrogen) atoms. The van der Waals surface area contributed by atoms with Gasteiger partial charge in [-0.3, -0.25) is 4.79 Å². The molecule has 0 spiro atoms. The molecule has 0 bridgehead atoms. The van der Waals surface area contributed by atoms with Crippen molar-refractivity contribution in [2.24, 2.45) is 0 Å². The van der Waals surface area contributed by atoms with Gasteiger partial charge in [-0.1, -0.05) is 33.2 Å². The standard InChI is InChI=1S/C14H15BrN2O3/c1-9-12(7-20-17-9)13(19)16-14(2,8-18)10-4-3-5-11(15)6-10/h3-7,18H,8H2,1-2H3,(H,16,19)/t14-/m0/s1. The number of carbonyl (C=O) groups excluding carboxylic acids is 1. The first-order valence-corrected chi connectivity index (χ1v) is 6.86. The lowest BCUT2D eigenvalue weighted by atomic mass is 9.92. The summed E-state index contributed by atoms with van der Waals surface area (Å²) in [5, 5.41) is 16.2. The third kappa shape index (κ3) is 2.91. The lowest BCUT2D eigenvalue weighted by molar-refractivity contribution is 0.0848. The smallest absolute Gasteiger partial charge is 0.257 e. The van der Waals surface area contributed by atoms with E-state index in [0.717, 1.165) is 10.0 Å². The van der Waals surface area contributed by atoms with Crippen molar-refractivity contribution in [2.75, 3.05) is 6.61 Å². The van der Waals surface area contributed by atoms with Crippen molar-refractivity contribution < 1.29 is 14.4 Å². The topological polar surface area (TPSA) is 75.4 Å². The van der Waals surface area contributed by atoms with Crippen LogP contribution < -0.4 is 5.32 Å². The summed E-state index contributed by atoms with van der Waals surface area (Å²) in [5.74, 6) is -0.333. The zero-order valence-corrected chi connectivity index (χ0v) is 12.8. The van der Waals surface area contributed by atoms with Crippen LogP contribution in [0.5, 0.6) is 0 Å². The van der Waals surface area contributed by atoms with E-state index in [0.29, 0.717) is 11.3 Å². The number of aryl methyl sites for hydroxylation is 1. The summed E-state index contributed by atoms with van der Waals surface area (Å²) in [5.41, 5.74) is 0.790. The molecule has 0 saturated heterocycles. The second kappa shape index (κ2) is 5.76. The number of hydrogen-bond donors (Lipinski definition) is 2. The average molecular weight is 339 g/mol. The van der Waals surface area contributed by atoms with E-state index >= 15 is 0 Å². The first-order valence-electron chi connectivity index (χ1n) is 6.06. The van der Waals surface area contributed by atoms with Gasteiger partial charge in [-0.05, 0) is 31.5 Å². The monoisotopic (exact) mass is 338 g/mol. The molecule has 1 amide bonds. The maximum Gasteiger partial charge on any atom is 0.257 e. The van der Waals surface area contributed by atoms with E-state index in [1.165, 1.54) is 6.26 Å². The van der Waals surface area contributed by atoms with Gasteiger partial charge in [0.15, 0.2) is 0 Å². The van der Waals surface area contributed by atoms with Gasteiger partial charge in [0.05, 0.1) is 17.8 Å². The van der Waals surface area contributed by atoms with Crippen molar-refractivity contribution in [3.8, 4) is 0 Å². The van der Waals surface area contributed by atoms with Gasteiger partial charge in [-0.2, -0.15) is 0 Å². The minimum atomic E-state index is -0.884. The Bertz CT molecular complexity index is 626. The third-order valence-electron chi connectivity index (χ3n) is 3.16. The van der Waals surface area contributed by atoms with Gasteiger partial charge in [0.25, 0.3) is 5.91 Å². The minimum Gasteiger partial charge on any atom is -0.394 e. The molecule has 1 atom stereocenters. The van der Waals surface area contributed by atoms with E-state index in [1.807, 2.05) is 24.3 Å². The van der Waals surface area contributed by atoms with Crippen LogP contribution in [0.2, 0.25) is 0 Å². The number of halogens is 1. The molecule has 6 heteroatoms. The molecule has 2 N–H and O–H groups in total. The number of benzene rings is 1. The summed E-state index contributed by atoms with van der Waals surface area (Å²) in [6.07, 6.45) is 1.30. The molecule has 1 aromatic carbocycles. The summed E-state index contributed by atoms with van der Waals surface area (Å²) < 4.78 is 5.64. The van der Waals surface area contributed by atoms with E-state index in [1.54, 1.807) is 13.8 Å². The van der Waals surface area contributed by atoms with Gasteiger partial charge < -0.3 is 14.9 Å². The maximum absolute atomic E-state index is 12.2. The molecule has 0 unspecified atom stereocenters. The molecule has 5 nitrogen and oxygen atoms in total. The molecule has 2 aromatic rings. The Labute approximate surface area is 125 Å². The molecule has 0 saturated carbocycles. The Morgan fingerprint density at radius 2 is 2.30 bits per heavy atom. The van der Waals surface area contributed by atoms with Crippen LogP contribution in [0, 0.1) is 6.92 Å². The Balaban J connectivity index is 2.28. The Morgan fingerprint density at radius 3 is 2.85 bits per heavy atom. The zero-order valence-electron chi connectivity index (χ0n) is 11.2. The highest BCUT2D eigenvalue weighted by molar-refractivity contribution is 9.10. The lowest BCUT2D eigenvalue weighted by Gasteiger charge is -2.29. The van der Waals surface area contributed by atoms with Crippen LogP contribution in [0.4, 0.5) is 0 Å². The van der Waals surface area contributed by atoms with Crippen molar-refractivity contribution in [2.45, 2.75) is 19.4 Å². The van der Waals surface area contributed by atoms with Crippen LogP contribution in [0.3, 0.4) is 0 Å². The summed E-state index contributed by atoms with van der Waals surface area (Å²) >= 11 is 3.38. The van der Waals surface area contributed by atoms with Gasteiger partial charge in [0, 0.05) is 4.47 Å². The molecule has 0 aliphatic heterocycles. The summed E-state index contributed by atoms with van der Waals surface area (Å²) in [6, 6.07) is 7.44. The highest BCUT2D eigenvalue weighted by Crippen LogP contribution is 2.24. The first-order chi connectivity index (χ1) is 9.46. The first kappa shape index (κ1) is 14.7. The Kier molecular flexibility index (Phi) is 4.25. The van der Waals surface area contributed by atoms with Crippen molar-refractivity contribution in [1.29, 1.82) is 0 Å². The van der Waals surface area contributed by atoms with Crippen LogP contribution in [0.1, 0.15) is 28.5 Å². The van der Waals surface area contributed by atoms with Gasteiger partial charge in [0.1, 0.15) is 11.8 Å². The predicted molar refractivity (Wildman–Crippen MR) is 77.3 cm³/mol. The lowest BCUT2D eigenvalue weighted by Crippen LogP contribution is -2.46. The van der Waals surface area contributed by atoms with E-state index < -0.39 is 5.54 Å². The number of nitrogens with one attached hydrogen (secondary N) is 1.